The molecule has 0 spiro atoms. The molecule has 2 unspecified atom stereocenters. The molecule has 0 aromatic rings. The van der Waals surface area contributed by atoms with Crippen LogP contribution in [-0.4, -0.2) is 0 Å². The zero-order chi connectivity index (χ0) is 25.0. The Morgan fingerprint density at radius 3 is 0.824 bits per heavy atom. The van der Waals surface area contributed by atoms with Gasteiger partial charge in [0.25, 0.3) is 0 Å². The van der Waals surface area contributed by atoms with Gasteiger partial charge >= 0.3 is 0 Å². The Morgan fingerprint density at radius 1 is 0.324 bits per heavy atom. The van der Waals surface area contributed by atoms with Gasteiger partial charge in [-0.25, -0.2) is 0 Å². The highest BCUT2D eigenvalue weighted by Gasteiger charge is 2.14. The van der Waals surface area contributed by atoms with Crippen LogP contribution in [0, 0.1) is 11.8 Å². The predicted molar refractivity (Wildman–Crippen MR) is 159 cm³/mol. The molecule has 0 N–H and O–H groups in total. The molecule has 0 amide bonds. The van der Waals surface area contributed by atoms with E-state index < -0.39 is 0 Å². The van der Waals surface area contributed by atoms with E-state index in [1.54, 1.807) is 0 Å². The maximum atomic E-state index is 2.50. The van der Waals surface area contributed by atoms with E-state index in [1.807, 2.05) is 0 Å². The first-order valence-corrected chi connectivity index (χ1v) is 16.8. The highest BCUT2D eigenvalue weighted by Crippen LogP contribution is 2.27. The second kappa shape index (κ2) is 29.2. The first-order valence-electron chi connectivity index (χ1n) is 16.8. The smallest absolute Gasteiger partial charge is 0.0389 e. The normalized spacial score (nSPS) is 13.4. The summed E-state index contributed by atoms with van der Waals surface area (Å²) in [7, 11) is 0. The van der Waals surface area contributed by atoms with Crippen molar-refractivity contribution in [1.82, 2.24) is 0 Å². The van der Waals surface area contributed by atoms with E-state index in [-0.39, 0.29) is 0 Å². The lowest BCUT2D eigenvalue weighted by Crippen LogP contribution is -2.11. The standard InChI is InChI=1S/C34H70/c1-5-8-10-12-13-14-15-16-17-18-19-20-21-22-23-24-25-26-27-28-30-32-34(33(4)7-3)31-29-11-9-6-2/h33-34H,5-32H2,1-4H3. The van der Waals surface area contributed by atoms with Gasteiger partial charge in [0.1, 0.15) is 0 Å². The van der Waals surface area contributed by atoms with Crippen LogP contribution in [0.25, 0.3) is 0 Å². The molecule has 0 nitrogen and oxygen atoms in total. The molecule has 0 heteroatoms. The predicted octanol–water partition coefficient (Wildman–Crippen LogP) is 13.2. The van der Waals surface area contributed by atoms with Crippen molar-refractivity contribution in [3.8, 4) is 0 Å². The lowest BCUT2D eigenvalue weighted by Gasteiger charge is -2.23. The second-order valence-electron chi connectivity index (χ2n) is 11.9. The molecule has 0 aliphatic rings. The zero-order valence-corrected chi connectivity index (χ0v) is 25.0. The van der Waals surface area contributed by atoms with Gasteiger partial charge in [0.05, 0.1) is 0 Å². The Hall–Kier alpha value is 0. The summed E-state index contributed by atoms with van der Waals surface area (Å²) in [4.78, 5) is 0. The Bertz CT molecular complexity index is 346. The summed E-state index contributed by atoms with van der Waals surface area (Å²) in [6, 6.07) is 0. The van der Waals surface area contributed by atoms with Crippen LogP contribution < -0.4 is 0 Å². The highest BCUT2D eigenvalue weighted by molar-refractivity contribution is 4.66. The summed E-state index contributed by atoms with van der Waals surface area (Å²) in [5, 5.41) is 0. The summed E-state index contributed by atoms with van der Waals surface area (Å²) in [5.74, 6) is 1.94. The Balaban J connectivity index is 3.30. The molecule has 0 heterocycles. The molecule has 0 saturated heterocycles. The molecular weight excluding hydrogens is 408 g/mol. The van der Waals surface area contributed by atoms with Crippen LogP contribution in [0.3, 0.4) is 0 Å². The van der Waals surface area contributed by atoms with Crippen LogP contribution in [0.15, 0.2) is 0 Å². The van der Waals surface area contributed by atoms with E-state index in [4.69, 9.17) is 0 Å². The van der Waals surface area contributed by atoms with Gasteiger partial charge in [0, 0.05) is 0 Å². The molecule has 0 aromatic carbocycles. The van der Waals surface area contributed by atoms with Gasteiger partial charge < -0.3 is 0 Å². The Kier molecular flexibility index (Phi) is 29.2. The minimum Gasteiger partial charge on any atom is -0.0654 e. The largest absolute Gasteiger partial charge is 0.0654 e. The molecule has 0 rings (SSSR count). The Labute approximate surface area is 219 Å². The van der Waals surface area contributed by atoms with Crippen LogP contribution >= 0.6 is 0 Å². The van der Waals surface area contributed by atoms with Gasteiger partial charge in [-0.05, 0) is 11.8 Å². The van der Waals surface area contributed by atoms with E-state index in [0.29, 0.717) is 0 Å². The van der Waals surface area contributed by atoms with Gasteiger partial charge in [0.15, 0.2) is 0 Å². The summed E-state index contributed by atoms with van der Waals surface area (Å²) >= 11 is 0. The molecule has 0 fully saturated rings. The van der Waals surface area contributed by atoms with Crippen LogP contribution in [0.4, 0.5) is 0 Å². The van der Waals surface area contributed by atoms with E-state index in [0.717, 1.165) is 11.8 Å². The average Bonchev–Trinajstić information content (AvgIpc) is 2.85. The quantitative estimate of drug-likeness (QED) is 0.0937. The van der Waals surface area contributed by atoms with Crippen LogP contribution in [-0.2, 0) is 0 Å². The third-order valence-corrected chi connectivity index (χ3v) is 8.56. The van der Waals surface area contributed by atoms with E-state index >= 15 is 0 Å². The number of hydrogen-bond donors (Lipinski definition) is 0. The summed E-state index contributed by atoms with van der Waals surface area (Å²) in [6.07, 6.45) is 41.2. The SMILES string of the molecule is CCCCCCCCCCCCCCCCCCCCCCCC(CCCCCC)C(C)CC. The van der Waals surface area contributed by atoms with Gasteiger partial charge in [-0.1, -0.05) is 207 Å². The minimum atomic E-state index is 0.937. The van der Waals surface area contributed by atoms with Crippen molar-refractivity contribution in [2.24, 2.45) is 11.8 Å². The minimum absolute atomic E-state index is 0.937. The van der Waals surface area contributed by atoms with E-state index in [9.17, 15) is 0 Å². The second-order valence-corrected chi connectivity index (χ2v) is 11.9. The summed E-state index contributed by atoms with van der Waals surface area (Å²) in [6.45, 7) is 9.53. The van der Waals surface area contributed by atoms with Crippen molar-refractivity contribution in [3.05, 3.63) is 0 Å². The summed E-state index contributed by atoms with van der Waals surface area (Å²) < 4.78 is 0. The molecular formula is C34H70. The molecule has 34 heavy (non-hydrogen) atoms. The van der Waals surface area contributed by atoms with Crippen molar-refractivity contribution in [1.29, 1.82) is 0 Å². The van der Waals surface area contributed by atoms with Gasteiger partial charge in [-0.2, -0.15) is 0 Å². The highest BCUT2D eigenvalue weighted by atomic mass is 14.2. The van der Waals surface area contributed by atoms with Crippen LogP contribution in [0.1, 0.15) is 207 Å². The topological polar surface area (TPSA) is 0 Å². The molecule has 0 radical (unpaired) electrons. The molecule has 0 aliphatic carbocycles. The first-order chi connectivity index (χ1) is 16.8. The maximum absolute atomic E-state index is 2.50. The fourth-order valence-corrected chi connectivity index (χ4v) is 5.72. The van der Waals surface area contributed by atoms with Crippen molar-refractivity contribution in [3.63, 3.8) is 0 Å². The monoisotopic (exact) mass is 479 g/mol. The number of rotatable bonds is 29. The lowest BCUT2D eigenvalue weighted by atomic mass is 9.83. The molecule has 206 valence electrons. The van der Waals surface area contributed by atoms with Gasteiger partial charge in [-0.3, -0.25) is 0 Å². The van der Waals surface area contributed by atoms with Gasteiger partial charge in [0.2, 0.25) is 0 Å². The molecule has 0 bridgehead atoms. The number of unbranched alkanes of at least 4 members (excludes halogenated alkanes) is 23. The van der Waals surface area contributed by atoms with Crippen molar-refractivity contribution >= 4 is 0 Å². The molecule has 0 aliphatic heterocycles. The van der Waals surface area contributed by atoms with Crippen molar-refractivity contribution < 1.29 is 0 Å². The first kappa shape index (κ1) is 34.0. The summed E-state index contributed by atoms with van der Waals surface area (Å²) in [5.41, 5.74) is 0. The van der Waals surface area contributed by atoms with Crippen LogP contribution in [0.2, 0.25) is 0 Å². The average molecular weight is 479 g/mol. The third kappa shape index (κ3) is 25.1. The lowest BCUT2D eigenvalue weighted by molar-refractivity contribution is 0.288. The third-order valence-electron chi connectivity index (χ3n) is 8.56. The van der Waals surface area contributed by atoms with Crippen molar-refractivity contribution in [2.75, 3.05) is 0 Å². The van der Waals surface area contributed by atoms with E-state index in [2.05, 4.69) is 27.7 Å². The molecule has 2 atom stereocenters. The number of hydrogen-bond acceptors (Lipinski definition) is 0. The molecule has 0 saturated carbocycles. The fraction of sp³-hybridized carbons (Fsp3) is 1.00. The van der Waals surface area contributed by atoms with Crippen LogP contribution in [0.5, 0.6) is 0 Å². The molecule has 0 aromatic heterocycles. The van der Waals surface area contributed by atoms with Crippen molar-refractivity contribution in [2.45, 2.75) is 207 Å². The maximum Gasteiger partial charge on any atom is -0.0389 e. The van der Waals surface area contributed by atoms with E-state index in [1.165, 1.54) is 180 Å². The van der Waals surface area contributed by atoms with Gasteiger partial charge in [-0.15, -0.1) is 0 Å². The Morgan fingerprint density at radius 2 is 0.559 bits per heavy atom. The zero-order valence-electron chi connectivity index (χ0n) is 25.0. The fourth-order valence-electron chi connectivity index (χ4n) is 5.72.